The smallest absolute Gasteiger partial charge is 0.326 e. The minimum atomic E-state index is -1.00. The van der Waals surface area contributed by atoms with E-state index in [2.05, 4.69) is 72.6 Å². The number of amides is 1. The lowest BCUT2D eigenvalue weighted by Crippen LogP contribution is -2.41. The Morgan fingerprint density at radius 2 is 1.75 bits per heavy atom. The Labute approximate surface area is 268 Å². The van der Waals surface area contributed by atoms with Crippen LogP contribution >= 0.6 is 11.8 Å². The molecule has 1 saturated carbocycles. The number of hydrogen-bond donors (Lipinski definition) is 2. The van der Waals surface area contributed by atoms with Crippen molar-refractivity contribution < 1.29 is 14.7 Å². The number of anilines is 1. The maximum absolute atomic E-state index is 13.6. The normalized spacial score (nSPS) is 14.2. The molecular formula is C38H50N2O3S. The number of hydrogen-bond acceptors (Lipinski definition) is 4. The summed E-state index contributed by atoms with van der Waals surface area (Å²) in [6.07, 6.45) is 13.7. The number of nitrogens with one attached hydrogen (secondary N) is 1. The summed E-state index contributed by atoms with van der Waals surface area (Å²) in [5.74, 6) is 0.104. The predicted octanol–water partition coefficient (Wildman–Crippen LogP) is 8.92. The van der Waals surface area contributed by atoms with Crippen molar-refractivity contribution in [1.29, 1.82) is 0 Å². The van der Waals surface area contributed by atoms with Crippen molar-refractivity contribution in [3.63, 3.8) is 0 Å². The van der Waals surface area contributed by atoms with Gasteiger partial charge in [-0.15, -0.1) is 0 Å². The number of unbranched alkanes of at least 4 members (excludes halogenated alkanes) is 1. The van der Waals surface area contributed by atoms with Crippen LogP contribution in [0.5, 0.6) is 0 Å². The molecule has 236 valence electrons. The average Bonchev–Trinajstić information content (AvgIpc) is 3.04. The summed E-state index contributed by atoms with van der Waals surface area (Å²) in [4.78, 5) is 28.1. The zero-order chi connectivity index (χ0) is 31.3. The molecule has 0 heterocycles. The van der Waals surface area contributed by atoms with Crippen LogP contribution in [0.4, 0.5) is 5.69 Å². The van der Waals surface area contributed by atoms with Crippen molar-refractivity contribution in [2.75, 3.05) is 23.5 Å². The Morgan fingerprint density at radius 3 is 2.48 bits per heavy atom. The topological polar surface area (TPSA) is 69.6 Å². The quantitative estimate of drug-likeness (QED) is 0.169. The fourth-order valence-electron chi connectivity index (χ4n) is 6.43. The van der Waals surface area contributed by atoms with Gasteiger partial charge in [-0.3, -0.25) is 4.79 Å². The first-order valence-corrected chi connectivity index (χ1v) is 17.8. The Bertz CT molecular complexity index is 1370. The van der Waals surface area contributed by atoms with E-state index in [4.69, 9.17) is 0 Å². The first kappa shape index (κ1) is 33.6. The summed E-state index contributed by atoms with van der Waals surface area (Å²) in [6, 6.07) is 22.1. The van der Waals surface area contributed by atoms with Gasteiger partial charge in [0.1, 0.15) is 6.04 Å². The number of aryl methyl sites for hydroxylation is 2. The van der Waals surface area contributed by atoms with E-state index in [9.17, 15) is 14.7 Å². The van der Waals surface area contributed by atoms with E-state index >= 15 is 0 Å². The number of nitrogens with zero attached hydrogens (tertiary/aromatic N) is 1. The fraction of sp³-hybridized carbons (Fsp3) is 0.474. The molecule has 3 aromatic carbocycles. The fourth-order valence-corrected chi connectivity index (χ4v) is 6.90. The van der Waals surface area contributed by atoms with Gasteiger partial charge in [-0.2, -0.15) is 11.8 Å². The summed E-state index contributed by atoms with van der Waals surface area (Å²) < 4.78 is 0. The zero-order valence-corrected chi connectivity index (χ0v) is 27.6. The largest absolute Gasteiger partial charge is 0.480 e. The monoisotopic (exact) mass is 614 g/mol. The molecule has 0 saturated heterocycles. The van der Waals surface area contributed by atoms with Crippen LogP contribution in [-0.4, -0.2) is 41.6 Å². The van der Waals surface area contributed by atoms with Crippen LogP contribution < -0.4 is 10.2 Å². The van der Waals surface area contributed by atoms with Gasteiger partial charge in [0.25, 0.3) is 5.91 Å². The Morgan fingerprint density at radius 1 is 1.00 bits per heavy atom. The number of aliphatic carboxylic acids is 1. The molecule has 1 atom stereocenters. The van der Waals surface area contributed by atoms with Crippen LogP contribution in [0.3, 0.4) is 0 Å². The number of carboxylic acids is 1. The van der Waals surface area contributed by atoms with Crippen molar-refractivity contribution in [1.82, 2.24) is 5.32 Å². The first-order valence-electron chi connectivity index (χ1n) is 16.5. The standard InChI is InChI=1S/C38H50N2O3S/c1-4-5-16-31-17-10-12-19-36(31)40(24-22-29-14-7-6-8-15-29)27-30-20-21-33(34(26-30)32-18-11-9-13-28(32)2)37(41)39-35(38(42)43)23-25-44-3/h9-13,17-21,26,29,35H,4-8,14-16,22-25,27H2,1-3H3,(H,39,41)(H,42,43)/t35-/m0/s1. The highest BCUT2D eigenvalue weighted by molar-refractivity contribution is 7.98. The molecule has 1 aliphatic carbocycles. The number of carboxylic acid groups (broad SMARTS) is 1. The lowest BCUT2D eigenvalue weighted by molar-refractivity contribution is -0.139. The van der Waals surface area contributed by atoms with Crippen LogP contribution in [0.15, 0.2) is 66.7 Å². The molecule has 0 bridgehead atoms. The second-order valence-electron chi connectivity index (χ2n) is 12.3. The highest BCUT2D eigenvalue weighted by atomic mass is 32.2. The molecule has 2 N–H and O–H groups in total. The third-order valence-corrected chi connectivity index (χ3v) is 9.66. The Balaban J connectivity index is 1.68. The van der Waals surface area contributed by atoms with E-state index in [0.717, 1.165) is 47.7 Å². The van der Waals surface area contributed by atoms with Crippen molar-refractivity contribution in [2.45, 2.75) is 90.6 Å². The number of carbonyl (C=O) groups is 2. The maximum Gasteiger partial charge on any atom is 0.326 e. The van der Waals surface area contributed by atoms with Crippen LogP contribution in [0.2, 0.25) is 0 Å². The summed E-state index contributed by atoms with van der Waals surface area (Å²) in [6.45, 7) is 6.06. The summed E-state index contributed by atoms with van der Waals surface area (Å²) in [5, 5.41) is 12.6. The van der Waals surface area contributed by atoms with Crippen LogP contribution in [0.1, 0.15) is 91.8 Å². The van der Waals surface area contributed by atoms with Crippen LogP contribution in [0.25, 0.3) is 11.1 Å². The van der Waals surface area contributed by atoms with Gasteiger partial charge in [-0.25, -0.2) is 4.79 Å². The van der Waals surface area contributed by atoms with Crippen LogP contribution in [-0.2, 0) is 17.8 Å². The molecule has 0 unspecified atom stereocenters. The summed E-state index contributed by atoms with van der Waals surface area (Å²) in [5.41, 5.74) is 7.29. The molecule has 0 aliphatic heterocycles. The third kappa shape index (κ3) is 9.37. The van der Waals surface area contributed by atoms with E-state index in [-0.39, 0.29) is 5.91 Å². The Kier molecular flexibility index (Phi) is 13.2. The molecule has 3 aromatic rings. The number of benzene rings is 3. The van der Waals surface area contributed by atoms with Gasteiger partial charge < -0.3 is 15.3 Å². The van der Waals surface area contributed by atoms with E-state index in [1.54, 1.807) is 11.8 Å². The van der Waals surface area contributed by atoms with Gasteiger partial charge in [-0.1, -0.05) is 94.0 Å². The van der Waals surface area contributed by atoms with E-state index in [1.165, 1.54) is 62.6 Å². The third-order valence-electron chi connectivity index (χ3n) is 9.02. The molecule has 44 heavy (non-hydrogen) atoms. The second kappa shape index (κ2) is 17.3. The van der Waals surface area contributed by atoms with Crippen molar-refractivity contribution in [2.24, 2.45) is 5.92 Å². The number of para-hydroxylation sites is 1. The lowest BCUT2D eigenvalue weighted by Gasteiger charge is -2.31. The minimum Gasteiger partial charge on any atom is -0.480 e. The zero-order valence-electron chi connectivity index (χ0n) is 26.8. The van der Waals surface area contributed by atoms with Gasteiger partial charge in [0, 0.05) is 24.3 Å². The maximum atomic E-state index is 13.6. The highest BCUT2D eigenvalue weighted by Crippen LogP contribution is 2.32. The van der Waals surface area contributed by atoms with Gasteiger partial charge in [0.15, 0.2) is 0 Å². The Hall–Kier alpha value is -3.25. The van der Waals surface area contributed by atoms with Crippen LogP contribution in [0, 0.1) is 12.8 Å². The van der Waals surface area contributed by atoms with Gasteiger partial charge in [0.2, 0.25) is 0 Å². The predicted molar refractivity (Wildman–Crippen MR) is 186 cm³/mol. The molecule has 1 amide bonds. The molecule has 1 aliphatic rings. The number of carbonyl (C=O) groups excluding carboxylic acids is 1. The second-order valence-corrected chi connectivity index (χ2v) is 13.3. The number of rotatable bonds is 16. The molecule has 4 rings (SSSR count). The van der Waals surface area contributed by atoms with Gasteiger partial charge in [-0.05, 0) is 96.5 Å². The molecule has 0 aromatic heterocycles. The molecular weight excluding hydrogens is 564 g/mol. The summed E-state index contributed by atoms with van der Waals surface area (Å²) >= 11 is 1.58. The highest BCUT2D eigenvalue weighted by Gasteiger charge is 2.24. The van der Waals surface area contributed by atoms with E-state index in [1.807, 2.05) is 24.5 Å². The minimum absolute atomic E-state index is 0.345. The molecule has 0 spiro atoms. The van der Waals surface area contributed by atoms with E-state index in [0.29, 0.717) is 17.7 Å². The van der Waals surface area contributed by atoms with Crippen molar-refractivity contribution in [3.05, 3.63) is 89.0 Å². The molecule has 6 heteroatoms. The SMILES string of the molecule is CCCCc1ccccc1N(CCC1CCCCC1)Cc1ccc(C(=O)N[C@@H](CCSC)C(=O)O)c(-c2ccccc2C)c1. The molecule has 0 radical (unpaired) electrons. The van der Waals surface area contributed by atoms with E-state index < -0.39 is 12.0 Å². The molecule has 1 fully saturated rings. The van der Waals surface area contributed by atoms with Crippen molar-refractivity contribution >= 4 is 29.3 Å². The van der Waals surface area contributed by atoms with Gasteiger partial charge in [0.05, 0.1) is 0 Å². The molecule has 5 nitrogen and oxygen atoms in total. The average molecular weight is 615 g/mol. The lowest BCUT2D eigenvalue weighted by atomic mass is 9.87. The van der Waals surface area contributed by atoms with Gasteiger partial charge >= 0.3 is 5.97 Å². The van der Waals surface area contributed by atoms with Crippen molar-refractivity contribution in [3.8, 4) is 11.1 Å². The first-order chi connectivity index (χ1) is 21.4. The summed E-state index contributed by atoms with van der Waals surface area (Å²) in [7, 11) is 0. The number of thioether (sulfide) groups is 1.